The van der Waals surface area contributed by atoms with E-state index in [1.54, 1.807) is 30.3 Å². The Hall–Kier alpha value is -3.15. The number of carbonyl (C=O) groups excluding carboxylic acids is 2. The maximum atomic E-state index is 12.5. The molecule has 1 atom stereocenters. The van der Waals surface area contributed by atoms with Gasteiger partial charge in [-0.25, -0.2) is 4.79 Å². The first-order valence-electron chi connectivity index (χ1n) is 7.26. The number of ether oxygens (including phenoxy) is 2. The molecule has 2 aromatic rings. The fraction of sp³-hybridized carbons (Fsp3) is 0.167. The van der Waals surface area contributed by atoms with E-state index >= 15 is 0 Å². The molecule has 0 spiro atoms. The van der Waals surface area contributed by atoms with Crippen molar-refractivity contribution >= 4 is 17.7 Å². The standard InChI is InChI=1S/C18H14O6/c1-11(19)23-13-7-8-14-15(20)10-18(17(21)22,24-16(14)9-13)12-5-3-2-4-6-12/h2-9H,10H2,1H3,(H,21,22). The molecule has 2 aromatic carbocycles. The van der Waals surface area contributed by atoms with Gasteiger partial charge >= 0.3 is 11.9 Å². The van der Waals surface area contributed by atoms with E-state index in [2.05, 4.69) is 0 Å². The van der Waals surface area contributed by atoms with Gasteiger partial charge in [0, 0.05) is 18.6 Å². The molecule has 1 N–H and O–H groups in total. The average molecular weight is 326 g/mol. The Labute approximate surface area is 137 Å². The van der Waals surface area contributed by atoms with Gasteiger partial charge in [-0.3, -0.25) is 9.59 Å². The zero-order valence-corrected chi connectivity index (χ0v) is 12.8. The van der Waals surface area contributed by atoms with Gasteiger partial charge in [-0.15, -0.1) is 0 Å². The Bertz CT molecular complexity index is 827. The molecule has 0 saturated heterocycles. The van der Waals surface area contributed by atoms with Crippen LogP contribution < -0.4 is 9.47 Å². The largest absolute Gasteiger partial charge is 0.478 e. The van der Waals surface area contributed by atoms with Crippen molar-refractivity contribution in [3.05, 3.63) is 59.7 Å². The topological polar surface area (TPSA) is 89.9 Å². The molecule has 0 radical (unpaired) electrons. The van der Waals surface area contributed by atoms with E-state index < -0.39 is 17.5 Å². The van der Waals surface area contributed by atoms with Crippen LogP contribution in [0, 0.1) is 0 Å². The van der Waals surface area contributed by atoms with E-state index in [0.29, 0.717) is 5.56 Å². The summed E-state index contributed by atoms with van der Waals surface area (Å²) in [6.45, 7) is 1.25. The summed E-state index contributed by atoms with van der Waals surface area (Å²) < 4.78 is 10.7. The number of carboxylic acids is 1. The van der Waals surface area contributed by atoms with Crippen LogP contribution in [-0.2, 0) is 15.2 Å². The summed E-state index contributed by atoms with van der Waals surface area (Å²) in [6, 6.07) is 12.6. The summed E-state index contributed by atoms with van der Waals surface area (Å²) >= 11 is 0. The van der Waals surface area contributed by atoms with Crippen LogP contribution in [0.2, 0.25) is 0 Å². The van der Waals surface area contributed by atoms with Crippen molar-refractivity contribution in [3.8, 4) is 11.5 Å². The Morgan fingerprint density at radius 2 is 1.88 bits per heavy atom. The average Bonchev–Trinajstić information content (AvgIpc) is 2.54. The van der Waals surface area contributed by atoms with Crippen molar-refractivity contribution in [3.63, 3.8) is 0 Å². The van der Waals surface area contributed by atoms with E-state index in [0.717, 1.165) is 0 Å². The number of carboxylic acid groups (broad SMARTS) is 1. The quantitative estimate of drug-likeness (QED) is 0.688. The lowest BCUT2D eigenvalue weighted by atomic mass is 9.84. The SMILES string of the molecule is CC(=O)Oc1ccc2c(c1)OC(C(=O)O)(c1ccccc1)CC2=O. The van der Waals surface area contributed by atoms with Gasteiger partial charge in [-0.1, -0.05) is 30.3 Å². The van der Waals surface area contributed by atoms with Gasteiger partial charge in [0.05, 0.1) is 12.0 Å². The van der Waals surface area contributed by atoms with Crippen molar-refractivity contribution in [1.82, 2.24) is 0 Å². The summed E-state index contributed by atoms with van der Waals surface area (Å²) in [5, 5.41) is 9.74. The number of carbonyl (C=O) groups is 3. The highest BCUT2D eigenvalue weighted by Crippen LogP contribution is 2.41. The van der Waals surface area contributed by atoms with Crippen LogP contribution in [0.5, 0.6) is 11.5 Å². The smallest absolute Gasteiger partial charge is 0.353 e. The number of hydrogen-bond donors (Lipinski definition) is 1. The molecule has 0 amide bonds. The third-order valence-corrected chi connectivity index (χ3v) is 3.79. The molecule has 1 aliphatic heterocycles. The molecule has 3 rings (SSSR count). The summed E-state index contributed by atoms with van der Waals surface area (Å²) in [5.41, 5.74) is -1.17. The van der Waals surface area contributed by atoms with Gasteiger partial charge in [0.15, 0.2) is 5.78 Å². The highest BCUT2D eigenvalue weighted by Gasteiger charge is 2.49. The minimum Gasteiger partial charge on any atom is -0.478 e. The van der Waals surface area contributed by atoms with Crippen LogP contribution >= 0.6 is 0 Å². The Balaban J connectivity index is 2.10. The van der Waals surface area contributed by atoms with Crippen LogP contribution in [-0.4, -0.2) is 22.8 Å². The summed E-state index contributed by atoms with van der Waals surface area (Å²) in [6.07, 6.45) is -0.313. The molecule has 0 aliphatic carbocycles. The number of Topliss-reactive ketones (excluding diaryl/α,β-unsaturated/α-hetero) is 1. The number of ketones is 1. The maximum Gasteiger partial charge on any atom is 0.353 e. The van der Waals surface area contributed by atoms with Crippen molar-refractivity contribution < 1.29 is 29.0 Å². The van der Waals surface area contributed by atoms with Crippen LogP contribution in [0.25, 0.3) is 0 Å². The molecule has 0 saturated carbocycles. The second-order valence-electron chi connectivity index (χ2n) is 5.45. The third-order valence-electron chi connectivity index (χ3n) is 3.79. The molecule has 1 aliphatic rings. The number of benzene rings is 2. The van der Waals surface area contributed by atoms with E-state index in [-0.39, 0.29) is 29.3 Å². The normalized spacial score (nSPS) is 19.1. The van der Waals surface area contributed by atoms with Crippen LogP contribution in [0.3, 0.4) is 0 Å². The summed E-state index contributed by atoms with van der Waals surface area (Å²) in [4.78, 5) is 35.5. The van der Waals surface area contributed by atoms with Crippen molar-refractivity contribution in [1.29, 1.82) is 0 Å². The first-order chi connectivity index (χ1) is 11.4. The van der Waals surface area contributed by atoms with Crippen LogP contribution in [0.1, 0.15) is 29.3 Å². The molecule has 122 valence electrons. The van der Waals surface area contributed by atoms with Gasteiger partial charge in [0.2, 0.25) is 5.60 Å². The van der Waals surface area contributed by atoms with Gasteiger partial charge < -0.3 is 14.6 Å². The van der Waals surface area contributed by atoms with Crippen LogP contribution in [0.4, 0.5) is 0 Å². The fourth-order valence-electron chi connectivity index (χ4n) is 2.70. The fourth-order valence-corrected chi connectivity index (χ4v) is 2.70. The highest BCUT2D eigenvalue weighted by molar-refractivity contribution is 6.04. The zero-order valence-electron chi connectivity index (χ0n) is 12.8. The van der Waals surface area contributed by atoms with Gasteiger partial charge in [-0.2, -0.15) is 0 Å². The van der Waals surface area contributed by atoms with Crippen molar-refractivity contribution in [2.45, 2.75) is 18.9 Å². The predicted molar refractivity (Wildman–Crippen MR) is 83.1 cm³/mol. The molecular formula is C18H14O6. The minimum absolute atomic E-state index is 0.0799. The van der Waals surface area contributed by atoms with Crippen LogP contribution in [0.15, 0.2) is 48.5 Å². The summed E-state index contributed by atoms with van der Waals surface area (Å²) in [5.74, 6) is -1.87. The number of rotatable bonds is 3. The summed E-state index contributed by atoms with van der Waals surface area (Å²) in [7, 11) is 0. The Kier molecular flexibility index (Phi) is 3.81. The zero-order chi connectivity index (χ0) is 17.3. The highest BCUT2D eigenvalue weighted by atomic mass is 16.5. The molecule has 0 fully saturated rings. The minimum atomic E-state index is -1.81. The third kappa shape index (κ3) is 2.62. The number of hydrogen-bond acceptors (Lipinski definition) is 5. The molecule has 6 nitrogen and oxygen atoms in total. The lowest BCUT2D eigenvalue weighted by Gasteiger charge is -2.34. The number of aliphatic carboxylic acids is 1. The molecule has 0 bridgehead atoms. The molecule has 24 heavy (non-hydrogen) atoms. The number of esters is 1. The van der Waals surface area contributed by atoms with Gasteiger partial charge in [0.25, 0.3) is 0 Å². The van der Waals surface area contributed by atoms with Crippen molar-refractivity contribution in [2.75, 3.05) is 0 Å². The lowest BCUT2D eigenvalue weighted by Crippen LogP contribution is -2.46. The predicted octanol–water partition coefficient (Wildman–Crippen LogP) is 2.56. The molecule has 1 heterocycles. The maximum absolute atomic E-state index is 12.5. The number of fused-ring (bicyclic) bond motifs is 1. The molecule has 1 unspecified atom stereocenters. The van der Waals surface area contributed by atoms with Gasteiger partial charge in [-0.05, 0) is 12.1 Å². The Morgan fingerprint density at radius 1 is 1.17 bits per heavy atom. The lowest BCUT2D eigenvalue weighted by molar-refractivity contribution is -0.156. The van der Waals surface area contributed by atoms with Crippen molar-refractivity contribution in [2.24, 2.45) is 0 Å². The van der Waals surface area contributed by atoms with E-state index in [1.807, 2.05) is 0 Å². The van der Waals surface area contributed by atoms with E-state index in [4.69, 9.17) is 9.47 Å². The first-order valence-corrected chi connectivity index (χ1v) is 7.26. The molecule has 0 aromatic heterocycles. The van der Waals surface area contributed by atoms with E-state index in [1.165, 1.54) is 25.1 Å². The second kappa shape index (κ2) is 5.81. The molecule has 6 heteroatoms. The first kappa shape index (κ1) is 15.7. The Morgan fingerprint density at radius 3 is 2.50 bits per heavy atom. The van der Waals surface area contributed by atoms with E-state index in [9.17, 15) is 19.5 Å². The second-order valence-corrected chi connectivity index (χ2v) is 5.45. The van der Waals surface area contributed by atoms with Gasteiger partial charge in [0.1, 0.15) is 11.5 Å². The molecular weight excluding hydrogens is 312 g/mol. The monoisotopic (exact) mass is 326 g/mol.